The van der Waals surface area contributed by atoms with Crippen LogP contribution in [0, 0.1) is 0 Å². The molecule has 0 N–H and O–H groups in total. The lowest BCUT2D eigenvalue weighted by Gasteiger charge is -2.18. The minimum absolute atomic E-state index is 0.103. The minimum atomic E-state index is -0.103. The largest absolute Gasteiger partial charge is 0.490 e. The predicted molar refractivity (Wildman–Crippen MR) is 78.1 cm³/mol. The highest BCUT2D eigenvalue weighted by atomic mass is 32.1. The summed E-state index contributed by atoms with van der Waals surface area (Å²) >= 11 is 4.20. The molecule has 0 aliphatic carbocycles. The number of para-hydroxylation sites is 1. The molecule has 0 unspecified atom stereocenters. The smallest absolute Gasteiger partial charge is 0.165 e. The molecule has 1 heterocycles. The van der Waals surface area contributed by atoms with E-state index in [0.717, 1.165) is 43.1 Å². The Hall–Kier alpha value is -0.830. The van der Waals surface area contributed by atoms with Gasteiger partial charge in [-0.25, -0.2) is 0 Å². The molecule has 0 radical (unpaired) electrons. The SMILES string of the molecule is CC1(C)Cc2cccc(OCCCCCS)c2O1. The molecule has 0 amide bonds. The van der Waals surface area contributed by atoms with E-state index < -0.39 is 0 Å². The predicted octanol–water partition coefficient (Wildman–Crippen LogP) is 3.88. The second-order valence-electron chi connectivity index (χ2n) is 5.42. The van der Waals surface area contributed by atoms with Gasteiger partial charge in [0.15, 0.2) is 11.5 Å². The van der Waals surface area contributed by atoms with Gasteiger partial charge in [-0.15, -0.1) is 0 Å². The van der Waals surface area contributed by atoms with Crippen molar-refractivity contribution in [3.05, 3.63) is 23.8 Å². The lowest BCUT2D eigenvalue weighted by Crippen LogP contribution is -2.24. The van der Waals surface area contributed by atoms with Crippen molar-refractivity contribution in [3.63, 3.8) is 0 Å². The quantitative estimate of drug-likeness (QED) is 0.622. The highest BCUT2D eigenvalue weighted by Crippen LogP contribution is 2.41. The van der Waals surface area contributed by atoms with E-state index in [1.54, 1.807) is 0 Å². The number of benzene rings is 1. The number of hydrogen-bond acceptors (Lipinski definition) is 3. The molecule has 0 spiro atoms. The topological polar surface area (TPSA) is 18.5 Å². The van der Waals surface area contributed by atoms with Crippen LogP contribution in [0.5, 0.6) is 11.5 Å². The van der Waals surface area contributed by atoms with Crippen molar-refractivity contribution >= 4 is 12.6 Å². The summed E-state index contributed by atoms with van der Waals surface area (Å²) in [5, 5.41) is 0. The van der Waals surface area contributed by atoms with Gasteiger partial charge in [-0.2, -0.15) is 12.6 Å². The summed E-state index contributed by atoms with van der Waals surface area (Å²) in [7, 11) is 0. The molecule has 1 aliphatic rings. The summed E-state index contributed by atoms with van der Waals surface area (Å²) in [4.78, 5) is 0. The fraction of sp³-hybridized carbons (Fsp3) is 0.600. The number of hydrogen-bond donors (Lipinski definition) is 1. The normalized spacial score (nSPS) is 16.2. The molecule has 1 aliphatic heterocycles. The molecule has 0 fully saturated rings. The molecule has 0 bridgehead atoms. The Morgan fingerprint density at radius 2 is 2.11 bits per heavy atom. The first kappa shape index (κ1) is 13.6. The maximum Gasteiger partial charge on any atom is 0.165 e. The molecular weight excluding hydrogens is 244 g/mol. The fourth-order valence-electron chi connectivity index (χ4n) is 2.27. The van der Waals surface area contributed by atoms with Crippen LogP contribution < -0.4 is 9.47 Å². The summed E-state index contributed by atoms with van der Waals surface area (Å²) in [6.07, 6.45) is 4.36. The van der Waals surface area contributed by atoms with Crippen molar-refractivity contribution in [3.8, 4) is 11.5 Å². The van der Waals surface area contributed by atoms with E-state index in [1.807, 2.05) is 12.1 Å². The Morgan fingerprint density at radius 1 is 1.28 bits per heavy atom. The molecule has 2 rings (SSSR count). The molecule has 3 heteroatoms. The number of unbranched alkanes of at least 4 members (excludes halogenated alkanes) is 2. The average molecular weight is 266 g/mol. The summed E-state index contributed by atoms with van der Waals surface area (Å²) in [6.45, 7) is 4.99. The second-order valence-corrected chi connectivity index (χ2v) is 5.86. The van der Waals surface area contributed by atoms with E-state index in [9.17, 15) is 0 Å². The van der Waals surface area contributed by atoms with Gasteiger partial charge in [0, 0.05) is 12.0 Å². The van der Waals surface area contributed by atoms with E-state index >= 15 is 0 Å². The van der Waals surface area contributed by atoms with Crippen LogP contribution in [0.25, 0.3) is 0 Å². The standard InChI is InChI=1S/C15H22O2S/c1-15(2)11-12-7-6-8-13(14(12)17-15)16-9-4-3-5-10-18/h6-8,18H,3-5,9-11H2,1-2H3. The molecule has 18 heavy (non-hydrogen) atoms. The minimum Gasteiger partial charge on any atom is -0.490 e. The molecule has 2 nitrogen and oxygen atoms in total. The first-order chi connectivity index (χ1) is 8.62. The van der Waals surface area contributed by atoms with Gasteiger partial charge < -0.3 is 9.47 Å². The van der Waals surface area contributed by atoms with E-state index in [2.05, 4.69) is 32.5 Å². The number of ether oxygens (including phenoxy) is 2. The van der Waals surface area contributed by atoms with Gasteiger partial charge in [0.2, 0.25) is 0 Å². The van der Waals surface area contributed by atoms with E-state index in [4.69, 9.17) is 9.47 Å². The van der Waals surface area contributed by atoms with Crippen LogP contribution in [-0.2, 0) is 6.42 Å². The molecule has 100 valence electrons. The molecule has 0 atom stereocenters. The second kappa shape index (κ2) is 5.87. The zero-order valence-electron chi connectivity index (χ0n) is 11.2. The molecule has 1 aromatic carbocycles. The Kier molecular flexibility index (Phi) is 4.44. The number of fused-ring (bicyclic) bond motifs is 1. The van der Waals surface area contributed by atoms with Crippen molar-refractivity contribution in [1.82, 2.24) is 0 Å². The number of rotatable bonds is 6. The van der Waals surface area contributed by atoms with Crippen LogP contribution in [0.4, 0.5) is 0 Å². The lowest BCUT2D eigenvalue weighted by atomic mass is 10.0. The Balaban J connectivity index is 1.93. The van der Waals surface area contributed by atoms with E-state index in [1.165, 1.54) is 12.0 Å². The van der Waals surface area contributed by atoms with Crippen LogP contribution in [0.1, 0.15) is 38.7 Å². The third kappa shape index (κ3) is 3.35. The van der Waals surface area contributed by atoms with Gasteiger partial charge in [0.1, 0.15) is 5.60 Å². The van der Waals surface area contributed by atoms with Gasteiger partial charge in [0.25, 0.3) is 0 Å². The van der Waals surface area contributed by atoms with Crippen LogP contribution in [-0.4, -0.2) is 18.0 Å². The third-order valence-corrected chi connectivity index (χ3v) is 3.43. The van der Waals surface area contributed by atoms with Crippen LogP contribution in [0.2, 0.25) is 0 Å². The van der Waals surface area contributed by atoms with Gasteiger partial charge in [-0.1, -0.05) is 12.1 Å². The van der Waals surface area contributed by atoms with Crippen molar-refractivity contribution in [2.45, 2.75) is 45.1 Å². The number of thiol groups is 1. The van der Waals surface area contributed by atoms with Gasteiger partial charge in [0.05, 0.1) is 6.61 Å². The van der Waals surface area contributed by atoms with Crippen molar-refractivity contribution in [2.24, 2.45) is 0 Å². The third-order valence-electron chi connectivity index (χ3n) is 3.11. The van der Waals surface area contributed by atoms with Gasteiger partial charge in [-0.3, -0.25) is 0 Å². The Morgan fingerprint density at radius 3 is 2.89 bits per heavy atom. The molecular formula is C15H22O2S. The Bertz CT molecular complexity index is 401. The van der Waals surface area contributed by atoms with Crippen molar-refractivity contribution < 1.29 is 9.47 Å². The molecule has 0 saturated heterocycles. The first-order valence-corrected chi connectivity index (χ1v) is 7.30. The maximum atomic E-state index is 5.97. The zero-order chi connectivity index (χ0) is 13.0. The highest BCUT2D eigenvalue weighted by molar-refractivity contribution is 7.80. The summed E-state index contributed by atoms with van der Waals surface area (Å²) in [5.74, 6) is 2.79. The highest BCUT2D eigenvalue weighted by Gasteiger charge is 2.32. The lowest BCUT2D eigenvalue weighted by molar-refractivity contribution is 0.132. The van der Waals surface area contributed by atoms with E-state index in [0.29, 0.717) is 0 Å². The van der Waals surface area contributed by atoms with Gasteiger partial charge in [-0.05, 0) is 44.9 Å². The fourth-order valence-corrected chi connectivity index (χ4v) is 2.50. The monoisotopic (exact) mass is 266 g/mol. The Labute approximate surface area is 115 Å². The van der Waals surface area contributed by atoms with Gasteiger partial charge >= 0.3 is 0 Å². The zero-order valence-corrected chi connectivity index (χ0v) is 12.1. The molecule has 1 aromatic rings. The summed E-state index contributed by atoms with van der Waals surface area (Å²) in [6, 6.07) is 6.17. The molecule has 0 aromatic heterocycles. The average Bonchev–Trinajstić information content (AvgIpc) is 2.63. The van der Waals surface area contributed by atoms with Crippen molar-refractivity contribution in [2.75, 3.05) is 12.4 Å². The van der Waals surface area contributed by atoms with Crippen molar-refractivity contribution in [1.29, 1.82) is 0 Å². The maximum absolute atomic E-state index is 5.97. The summed E-state index contributed by atoms with van der Waals surface area (Å²) < 4.78 is 11.8. The van der Waals surface area contributed by atoms with Crippen LogP contribution in [0.3, 0.4) is 0 Å². The first-order valence-electron chi connectivity index (χ1n) is 6.67. The van der Waals surface area contributed by atoms with E-state index in [-0.39, 0.29) is 5.60 Å². The van der Waals surface area contributed by atoms with Crippen LogP contribution in [0.15, 0.2) is 18.2 Å². The molecule has 0 saturated carbocycles. The van der Waals surface area contributed by atoms with Crippen LogP contribution >= 0.6 is 12.6 Å². The summed E-state index contributed by atoms with van der Waals surface area (Å²) in [5.41, 5.74) is 1.15.